The van der Waals surface area contributed by atoms with Crippen LogP contribution >= 0.6 is 11.3 Å². The molecule has 0 saturated heterocycles. The van der Waals surface area contributed by atoms with Crippen LogP contribution in [0.5, 0.6) is 0 Å². The maximum atomic E-state index is 4.46. The summed E-state index contributed by atoms with van der Waals surface area (Å²) < 4.78 is 3.71. The van der Waals surface area contributed by atoms with Crippen LogP contribution in [0.4, 0.5) is 0 Å². The summed E-state index contributed by atoms with van der Waals surface area (Å²) in [4.78, 5) is 4.46. The zero-order valence-electron chi connectivity index (χ0n) is 17.2. The van der Waals surface area contributed by atoms with Crippen molar-refractivity contribution < 1.29 is 0 Å². The molecule has 0 amide bonds. The lowest BCUT2D eigenvalue weighted by molar-refractivity contribution is 1.18. The molecular formula is C29H18N2S. The van der Waals surface area contributed by atoms with Crippen molar-refractivity contribution in [1.82, 2.24) is 9.55 Å². The molecule has 3 aromatic heterocycles. The summed E-state index contributed by atoms with van der Waals surface area (Å²) in [5, 5.41) is 8.45. The van der Waals surface area contributed by atoms with Gasteiger partial charge in [0.05, 0.1) is 11.0 Å². The fourth-order valence-corrected chi connectivity index (χ4v) is 5.65. The second kappa shape index (κ2) is 6.78. The number of para-hydroxylation sites is 1. The number of thiophene rings is 1. The van der Waals surface area contributed by atoms with Gasteiger partial charge in [-0.25, -0.2) is 0 Å². The van der Waals surface area contributed by atoms with Crippen molar-refractivity contribution in [1.29, 1.82) is 0 Å². The van der Waals surface area contributed by atoms with Crippen LogP contribution in [-0.2, 0) is 0 Å². The van der Waals surface area contributed by atoms with Crippen molar-refractivity contribution in [2.75, 3.05) is 0 Å². The lowest BCUT2D eigenvalue weighted by Crippen LogP contribution is -1.94. The standard InChI is InChI=1S/C29H18N2S/c1-2-6-23-21(5-1)17-30-18-26(23)19-9-11-22(12-10-19)31-27-8-4-3-7-24(27)25-16-29-20(13-14-32-29)15-28(25)31/h1-18H. The number of aromatic nitrogens is 2. The summed E-state index contributed by atoms with van der Waals surface area (Å²) >= 11 is 1.80. The van der Waals surface area contributed by atoms with Gasteiger partial charge >= 0.3 is 0 Å². The molecule has 0 aliphatic carbocycles. The first kappa shape index (κ1) is 17.7. The van der Waals surface area contributed by atoms with E-state index in [1.807, 2.05) is 12.4 Å². The monoisotopic (exact) mass is 426 g/mol. The molecule has 0 bridgehead atoms. The quantitative estimate of drug-likeness (QED) is 0.272. The summed E-state index contributed by atoms with van der Waals surface area (Å²) in [6.45, 7) is 0. The Morgan fingerprint density at radius 1 is 0.625 bits per heavy atom. The van der Waals surface area contributed by atoms with Gasteiger partial charge in [-0.2, -0.15) is 0 Å². The van der Waals surface area contributed by atoms with Crippen LogP contribution < -0.4 is 0 Å². The molecule has 0 fully saturated rings. The molecule has 0 unspecified atom stereocenters. The maximum Gasteiger partial charge on any atom is 0.0548 e. The summed E-state index contributed by atoms with van der Waals surface area (Å²) in [5.41, 5.74) is 6.00. The highest BCUT2D eigenvalue weighted by molar-refractivity contribution is 7.17. The van der Waals surface area contributed by atoms with Gasteiger partial charge in [-0.1, -0.05) is 54.6 Å². The second-order valence-corrected chi connectivity index (χ2v) is 9.08. The first-order chi connectivity index (χ1) is 15.9. The Kier molecular flexibility index (Phi) is 3.75. The molecule has 0 atom stereocenters. The Labute approximate surface area is 189 Å². The normalized spacial score (nSPS) is 11.8. The largest absolute Gasteiger partial charge is 0.309 e. The van der Waals surface area contributed by atoms with Gasteiger partial charge in [-0.15, -0.1) is 11.3 Å². The van der Waals surface area contributed by atoms with Crippen molar-refractivity contribution in [3.05, 3.63) is 109 Å². The van der Waals surface area contributed by atoms with Crippen molar-refractivity contribution in [3.8, 4) is 16.8 Å². The molecule has 3 heteroatoms. The molecule has 0 radical (unpaired) electrons. The Morgan fingerprint density at radius 3 is 2.34 bits per heavy atom. The third-order valence-corrected chi connectivity index (χ3v) is 7.23. The number of rotatable bonds is 2. The fourth-order valence-electron chi connectivity index (χ4n) is 4.84. The Hall–Kier alpha value is -3.95. The van der Waals surface area contributed by atoms with E-state index in [2.05, 4.69) is 106 Å². The number of hydrogen-bond donors (Lipinski definition) is 0. The van der Waals surface area contributed by atoms with Gasteiger partial charge < -0.3 is 4.57 Å². The fraction of sp³-hybridized carbons (Fsp3) is 0. The minimum Gasteiger partial charge on any atom is -0.309 e. The van der Waals surface area contributed by atoms with E-state index in [1.165, 1.54) is 48.5 Å². The number of nitrogens with zero attached hydrogens (tertiary/aromatic N) is 2. The minimum absolute atomic E-state index is 1.16. The van der Waals surface area contributed by atoms with Crippen LogP contribution in [0.2, 0.25) is 0 Å². The second-order valence-electron chi connectivity index (χ2n) is 8.14. The first-order valence-corrected chi connectivity index (χ1v) is 11.6. The molecule has 150 valence electrons. The maximum absolute atomic E-state index is 4.46. The predicted octanol–water partition coefficient (Wildman–Crippen LogP) is 8.21. The molecule has 4 aromatic carbocycles. The van der Waals surface area contributed by atoms with E-state index < -0.39 is 0 Å². The average molecular weight is 427 g/mol. The summed E-state index contributed by atoms with van der Waals surface area (Å²) in [6, 6.07) is 32.8. The SMILES string of the molecule is c1ccc2c(-c3ccc(-n4c5ccccc5c5cc6sccc6cc54)cc3)cncc2c1. The molecule has 0 aliphatic rings. The van der Waals surface area contributed by atoms with Gasteiger partial charge in [0.1, 0.15) is 0 Å². The van der Waals surface area contributed by atoms with Crippen LogP contribution in [0.15, 0.2) is 109 Å². The molecular weight excluding hydrogens is 408 g/mol. The first-order valence-electron chi connectivity index (χ1n) is 10.7. The van der Waals surface area contributed by atoms with Gasteiger partial charge in [0.2, 0.25) is 0 Å². The van der Waals surface area contributed by atoms with Crippen LogP contribution in [0, 0.1) is 0 Å². The van der Waals surface area contributed by atoms with Gasteiger partial charge in [0.15, 0.2) is 0 Å². The highest BCUT2D eigenvalue weighted by Crippen LogP contribution is 2.37. The van der Waals surface area contributed by atoms with Crippen molar-refractivity contribution >= 4 is 54.0 Å². The van der Waals surface area contributed by atoms with E-state index in [4.69, 9.17) is 0 Å². The van der Waals surface area contributed by atoms with Gasteiger partial charge in [-0.05, 0) is 58.1 Å². The highest BCUT2D eigenvalue weighted by Gasteiger charge is 2.14. The topological polar surface area (TPSA) is 17.8 Å². The van der Waals surface area contributed by atoms with Crippen molar-refractivity contribution in [2.45, 2.75) is 0 Å². The molecule has 3 heterocycles. The Morgan fingerprint density at radius 2 is 1.44 bits per heavy atom. The molecule has 0 spiro atoms. The van der Waals surface area contributed by atoms with E-state index in [9.17, 15) is 0 Å². The number of hydrogen-bond acceptors (Lipinski definition) is 2. The number of benzene rings is 4. The zero-order chi connectivity index (χ0) is 21.1. The molecule has 0 N–H and O–H groups in total. The van der Waals surface area contributed by atoms with Crippen LogP contribution in [0.1, 0.15) is 0 Å². The Bertz CT molecular complexity index is 1770. The number of pyridine rings is 1. The molecule has 7 rings (SSSR count). The van der Waals surface area contributed by atoms with E-state index >= 15 is 0 Å². The third kappa shape index (κ3) is 2.55. The van der Waals surface area contributed by atoms with E-state index in [-0.39, 0.29) is 0 Å². The zero-order valence-corrected chi connectivity index (χ0v) is 18.0. The molecule has 2 nitrogen and oxygen atoms in total. The summed E-state index contributed by atoms with van der Waals surface area (Å²) in [6.07, 6.45) is 3.89. The van der Waals surface area contributed by atoms with Crippen LogP contribution in [-0.4, -0.2) is 9.55 Å². The molecule has 0 aliphatic heterocycles. The molecule has 7 aromatic rings. The summed E-state index contributed by atoms with van der Waals surface area (Å²) in [7, 11) is 0. The average Bonchev–Trinajstić information content (AvgIpc) is 3.44. The smallest absolute Gasteiger partial charge is 0.0548 e. The van der Waals surface area contributed by atoms with E-state index in [1.54, 1.807) is 11.3 Å². The van der Waals surface area contributed by atoms with Gasteiger partial charge in [0.25, 0.3) is 0 Å². The lowest BCUT2D eigenvalue weighted by Gasteiger charge is -2.10. The molecule has 32 heavy (non-hydrogen) atoms. The summed E-state index contributed by atoms with van der Waals surface area (Å²) in [5.74, 6) is 0. The number of fused-ring (bicyclic) bond motifs is 5. The predicted molar refractivity (Wildman–Crippen MR) is 137 cm³/mol. The van der Waals surface area contributed by atoms with E-state index in [0.717, 1.165) is 10.9 Å². The van der Waals surface area contributed by atoms with E-state index in [0.29, 0.717) is 0 Å². The molecule has 0 saturated carbocycles. The van der Waals surface area contributed by atoms with Crippen molar-refractivity contribution in [2.24, 2.45) is 0 Å². The highest BCUT2D eigenvalue weighted by atomic mass is 32.1. The van der Waals surface area contributed by atoms with Crippen LogP contribution in [0.25, 0.3) is 59.5 Å². The third-order valence-electron chi connectivity index (χ3n) is 6.35. The van der Waals surface area contributed by atoms with Gasteiger partial charge in [0, 0.05) is 44.5 Å². The van der Waals surface area contributed by atoms with Crippen molar-refractivity contribution in [3.63, 3.8) is 0 Å². The van der Waals surface area contributed by atoms with Crippen LogP contribution in [0.3, 0.4) is 0 Å². The van der Waals surface area contributed by atoms with Gasteiger partial charge in [-0.3, -0.25) is 4.98 Å². The lowest BCUT2D eigenvalue weighted by atomic mass is 10.0. The minimum atomic E-state index is 1.16. The Balaban J connectivity index is 1.46.